The van der Waals surface area contributed by atoms with Gasteiger partial charge in [0.15, 0.2) is 0 Å². The number of halogens is 3. The van der Waals surface area contributed by atoms with Crippen LogP contribution in [0.1, 0.15) is 18.4 Å². The third kappa shape index (κ3) is 3.36. The highest BCUT2D eigenvalue weighted by Crippen LogP contribution is 2.32. The van der Waals surface area contributed by atoms with E-state index in [9.17, 15) is 13.2 Å². The van der Waals surface area contributed by atoms with Crippen molar-refractivity contribution in [3.05, 3.63) is 29.8 Å². The third-order valence-electron chi connectivity index (χ3n) is 2.98. The molecule has 1 fully saturated rings. The van der Waals surface area contributed by atoms with E-state index >= 15 is 0 Å². The molecule has 1 aliphatic carbocycles. The van der Waals surface area contributed by atoms with E-state index in [0.717, 1.165) is 25.0 Å². The molecule has 94 valence electrons. The summed E-state index contributed by atoms with van der Waals surface area (Å²) in [5, 5.41) is 3.05. The van der Waals surface area contributed by atoms with E-state index in [0.29, 0.717) is 18.2 Å². The van der Waals surface area contributed by atoms with Crippen molar-refractivity contribution < 1.29 is 13.2 Å². The molecule has 0 heterocycles. The number of benzene rings is 1. The lowest BCUT2D eigenvalue weighted by molar-refractivity contribution is -0.137. The Hall–Kier alpha value is -1.23. The molecular formula is C12H15F3N2. The lowest BCUT2D eigenvalue weighted by Crippen LogP contribution is -2.31. The summed E-state index contributed by atoms with van der Waals surface area (Å²) in [5.41, 5.74) is 5.93. The van der Waals surface area contributed by atoms with Crippen LogP contribution in [-0.4, -0.2) is 12.6 Å². The van der Waals surface area contributed by atoms with Gasteiger partial charge in [0.2, 0.25) is 0 Å². The van der Waals surface area contributed by atoms with E-state index in [2.05, 4.69) is 5.32 Å². The van der Waals surface area contributed by atoms with Crippen molar-refractivity contribution in [1.29, 1.82) is 0 Å². The van der Waals surface area contributed by atoms with E-state index in [-0.39, 0.29) is 6.04 Å². The highest BCUT2D eigenvalue weighted by Gasteiger charge is 2.30. The molecule has 0 aromatic heterocycles. The molecule has 17 heavy (non-hydrogen) atoms. The van der Waals surface area contributed by atoms with E-state index < -0.39 is 11.7 Å². The Labute approximate surface area is 98.0 Å². The van der Waals surface area contributed by atoms with Crippen LogP contribution in [0, 0.1) is 5.92 Å². The largest absolute Gasteiger partial charge is 0.416 e. The predicted molar refractivity (Wildman–Crippen MR) is 60.6 cm³/mol. The Balaban J connectivity index is 1.89. The van der Waals surface area contributed by atoms with Crippen molar-refractivity contribution in [2.45, 2.75) is 25.1 Å². The van der Waals surface area contributed by atoms with Gasteiger partial charge in [0.25, 0.3) is 0 Å². The summed E-state index contributed by atoms with van der Waals surface area (Å²) < 4.78 is 36.9. The SMILES string of the molecule is NC(CNc1ccc(C(F)(F)F)cc1)C1CC1. The summed E-state index contributed by atoms with van der Waals surface area (Å²) in [5.74, 6) is 0.581. The van der Waals surface area contributed by atoms with Gasteiger partial charge in [-0.15, -0.1) is 0 Å². The Morgan fingerprint density at radius 2 is 1.82 bits per heavy atom. The van der Waals surface area contributed by atoms with Crippen LogP contribution in [0.5, 0.6) is 0 Å². The maximum atomic E-state index is 12.3. The van der Waals surface area contributed by atoms with Crippen LogP contribution in [0.15, 0.2) is 24.3 Å². The summed E-state index contributed by atoms with van der Waals surface area (Å²) in [6, 6.07) is 5.11. The number of nitrogens with one attached hydrogen (secondary N) is 1. The molecule has 2 rings (SSSR count). The van der Waals surface area contributed by atoms with Crippen LogP contribution in [0.2, 0.25) is 0 Å². The van der Waals surface area contributed by atoms with E-state index in [1.54, 1.807) is 0 Å². The van der Waals surface area contributed by atoms with E-state index in [1.165, 1.54) is 12.1 Å². The Morgan fingerprint density at radius 3 is 2.29 bits per heavy atom. The molecule has 0 aliphatic heterocycles. The smallest absolute Gasteiger partial charge is 0.383 e. The first-order valence-electron chi connectivity index (χ1n) is 5.63. The molecule has 1 atom stereocenters. The fraction of sp³-hybridized carbons (Fsp3) is 0.500. The quantitative estimate of drug-likeness (QED) is 0.854. The second-order valence-electron chi connectivity index (χ2n) is 4.46. The molecular weight excluding hydrogens is 229 g/mol. The molecule has 5 heteroatoms. The average Bonchev–Trinajstić information content (AvgIpc) is 3.09. The van der Waals surface area contributed by atoms with Crippen LogP contribution in [0.3, 0.4) is 0 Å². The molecule has 1 aromatic rings. The Morgan fingerprint density at radius 1 is 1.24 bits per heavy atom. The lowest BCUT2D eigenvalue weighted by atomic mass is 10.1. The van der Waals surface area contributed by atoms with Crippen LogP contribution in [-0.2, 0) is 6.18 Å². The Kier molecular flexibility index (Phi) is 3.28. The molecule has 0 amide bonds. The molecule has 1 unspecified atom stereocenters. The third-order valence-corrected chi connectivity index (χ3v) is 2.98. The van der Waals surface area contributed by atoms with Gasteiger partial charge < -0.3 is 11.1 Å². The topological polar surface area (TPSA) is 38.0 Å². The van der Waals surface area contributed by atoms with Crippen molar-refractivity contribution in [3.63, 3.8) is 0 Å². The second kappa shape index (κ2) is 4.56. The van der Waals surface area contributed by atoms with Crippen molar-refractivity contribution >= 4 is 5.69 Å². The van der Waals surface area contributed by atoms with Gasteiger partial charge in [-0.2, -0.15) is 13.2 Å². The number of alkyl halides is 3. The Bertz CT molecular complexity index is 368. The first-order chi connectivity index (χ1) is 7.97. The van der Waals surface area contributed by atoms with Gasteiger partial charge in [0.05, 0.1) is 5.56 Å². The number of anilines is 1. The van der Waals surface area contributed by atoms with Gasteiger partial charge in [-0.3, -0.25) is 0 Å². The second-order valence-corrected chi connectivity index (χ2v) is 4.46. The summed E-state index contributed by atoms with van der Waals surface area (Å²) in [4.78, 5) is 0. The minimum Gasteiger partial charge on any atom is -0.383 e. The molecule has 1 aliphatic rings. The monoisotopic (exact) mass is 244 g/mol. The zero-order chi connectivity index (χ0) is 12.5. The first kappa shape index (κ1) is 12.2. The van der Waals surface area contributed by atoms with Crippen molar-refractivity contribution in [3.8, 4) is 0 Å². The molecule has 0 radical (unpaired) electrons. The molecule has 1 aromatic carbocycles. The van der Waals surface area contributed by atoms with Crippen LogP contribution < -0.4 is 11.1 Å². The summed E-state index contributed by atoms with van der Waals surface area (Å²) in [6.07, 6.45) is -1.95. The van der Waals surface area contributed by atoms with Gasteiger partial charge in [-0.25, -0.2) is 0 Å². The molecule has 1 saturated carbocycles. The van der Waals surface area contributed by atoms with Crippen molar-refractivity contribution in [2.75, 3.05) is 11.9 Å². The van der Waals surface area contributed by atoms with Crippen molar-refractivity contribution in [2.24, 2.45) is 11.7 Å². The molecule has 3 N–H and O–H groups in total. The maximum absolute atomic E-state index is 12.3. The van der Waals surface area contributed by atoms with Gasteiger partial charge in [-0.05, 0) is 43.0 Å². The number of rotatable bonds is 4. The zero-order valence-electron chi connectivity index (χ0n) is 9.30. The van der Waals surface area contributed by atoms with Gasteiger partial charge in [0.1, 0.15) is 0 Å². The van der Waals surface area contributed by atoms with E-state index in [4.69, 9.17) is 5.73 Å². The maximum Gasteiger partial charge on any atom is 0.416 e. The lowest BCUT2D eigenvalue weighted by Gasteiger charge is -2.13. The van der Waals surface area contributed by atoms with Crippen LogP contribution in [0.4, 0.5) is 18.9 Å². The van der Waals surface area contributed by atoms with Crippen LogP contribution in [0.25, 0.3) is 0 Å². The standard InChI is InChI=1S/C12H15F3N2/c13-12(14,15)9-3-5-10(6-4-9)17-7-11(16)8-1-2-8/h3-6,8,11,17H,1-2,7,16H2. The van der Waals surface area contributed by atoms with Gasteiger partial charge in [0, 0.05) is 18.3 Å². The first-order valence-corrected chi connectivity index (χ1v) is 5.63. The number of nitrogens with two attached hydrogens (primary N) is 1. The molecule has 0 bridgehead atoms. The van der Waals surface area contributed by atoms with Crippen molar-refractivity contribution in [1.82, 2.24) is 0 Å². The summed E-state index contributed by atoms with van der Waals surface area (Å²) in [7, 11) is 0. The molecule has 2 nitrogen and oxygen atoms in total. The van der Waals surface area contributed by atoms with Gasteiger partial charge >= 0.3 is 6.18 Å². The minimum absolute atomic E-state index is 0.0947. The highest BCUT2D eigenvalue weighted by atomic mass is 19.4. The average molecular weight is 244 g/mol. The summed E-state index contributed by atoms with van der Waals surface area (Å²) in [6.45, 7) is 0.607. The predicted octanol–water partition coefficient (Wildman–Crippen LogP) is 2.85. The van der Waals surface area contributed by atoms with Crippen LogP contribution >= 0.6 is 0 Å². The highest BCUT2D eigenvalue weighted by molar-refractivity contribution is 5.45. The molecule has 0 spiro atoms. The van der Waals surface area contributed by atoms with E-state index in [1.807, 2.05) is 0 Å². The normalized spacial score (nSPS) is 17.9. The minimum atomic E-state index is -4.27. The fourth-order valence-electron chi connectivity index (χ4n) is 1.70. The molecule has 0 saturated heterocycles. The number of hydrogen-bond donors (Lipinski definition) is 2. The fourth-order valence-corrected chi connectivity index (χ4v) is 1.70. The zero-order valence-corrected chi connectivity index (χ0v) is 9.30. The number of hydrogen-bond acceptors (Lipinski definition) is 2. The summed E-state index contributed by atoms with van der Waals surface area (Å²) >= 11 is 0. The van der Waals surface area contributed by atoms with Gasteiger partial charge in [-0.1, -0.05) is 0 Å².